The predicted molar refractivity (Wildman–Crippen MR) is 87.2 cm³/mol. The maximum absolute atomic E-state index is 14.4. The minimum atomic E-state index is -0.273. The third-order valence-corrected chi connectivity index (χ3v) is 4.90. The lowest BCUT2D eigenvalue weighted by atomic mass is 10.0. The number of hydrogen-bond acceptors (Lipinski definition) is 3. The molecule has 0 aliphatic rings. The molecule has 1 heterocycles. The molecule has 5 heteroatoms. The molecule has 1 N–H and O–H groups in total. The zero-order valence-electron chi connectivity index (χ0n) is 12.4. The SMILES string of the molecule is CCCNC(c1cc(C)c(Cl)s1)c1ccc(OC)cc1F. The quantitative estimate of drug-likeness (QED) is 0.810. The molecule has 21 heavy (non-hydrogen) atoms. The number of benzene rings is 1. The van der Waals surface area contributed by atoms with Gasteiger partial charge in [0.25, 0.3) is 0 Å². The molecule has 114 valence electrons. The second-order valence-corrected chi connectivity index (χ2v) is 6.57. The number of nitrogens with one attached hydrogen (secondary N) is 1. The summed E-state index contributed by atoms with van der Waals surface area (Å²) in [4.78, 5) is 1.02. The topological polar surface area (TPSA) is 21.3 Å². The summed E-state index contributed by atoms with van der Waals surface area (Å²) in [5.41, 5.74) is 1.64. The maximum atomic E-state index is 14.4. The van der Waals surface area contributed by atoms with Gasteiger partial charge in [0.1, 0.15) is 11.6 Å². The van der Waals surface area contributed by atoms with Gasteiger partial charge in [0.15, 0.2) is 0 Å². The van der Waals surface area contributed by atoms with Crippen LogP contribution >= 0.6 is 22.9 Å². The van der Waals surface area contributed by atoms with E-state index in [1.54, 1.807) is 12.1 Å². The highest BCUT2D eigenvalue weighted by Crippen LogP contribution is 2.35. The highest BCUT2D eigenvalue weighted by Gasteiger charge is 2.20. The Kier molecular flexibility index (Phi) is 5.62. The van der Waals surface area contributed by atoms with Crippen molar-refractivity contribution in [2.45, 2.75) is 26.3 Å². The van der Waals surface area contributed by atoms with Crippen molar-refractivity contribution in [2.75, 3.05) is 13.7 Å². The van der Waals surface area contributed by atoms with Crippen LogP contribution in [0.4, 0.5) is 4.39 Å². The molecule has 0 radical (unpaired) electrons. The second kappa shape index (κ2) is 7.25. The average Bonchev–Trinajstić information content (AvgIpc) is 2.80. The predicted octanol–water partition coefficient (Wildman–Crippen LogP) is 4.95. The van der Waals surface area contributed by atoms with E-state index in [9.17, 15) is 4.39 Å². The molecule has 0 spiro atoms. The van der Waals surface area contributed by atoms with E-state index < -0.39 is 0 Å². The van der Waals surface area contributed by atoms with Gasteiger partial charge < -0.3 is 10.1 Å². The second-order valence-electron chi connectivity index (χ2n) is 4.88. The molecule has 1 unspecified atom stereocenters. The van der Waals surface area contributed by atoms with Gasteiger partial charge in [0.2, 0.25) is 0 Å². The normalized spacial score (nSPS) is 12.4. The Morgan fingerprint density at radius 1 is 1.38 bits per heavy atom. The molecular weight excluding hydrogens is 309 g/mol. The highest BCUT2D eigenvalue weighted by molar-refractivity contribution is 7.16. The number of aryl methyl sites for hydroxylation is 1. The lowest BCUT2D eigenvalue weighted by Crippen LogP contribution is -2.23. The van der Waals surface area contributed by atoms with E-state index in [1.807, 2.05) is 13.0 Å². The van der Waals surface area contributed by atoms with Gasteiger partial charge in [-0.05, 0) is 37.6 Å². The first kappa shape index (κ1) is 16.3. The Labute approximate surface area is 133 Å². The van der Waals surface area contributed by atoms with Crippen LogP contribution in [-0.4, -0.2) is 13.7 Å². The summed E-state index contributed by atoms with van der Waals surface area (Å²) >= 11 is 7.65. The van der Waals surface area contributed by atoms with Crippen molar-refractivity contribution < 1.29 is 9.13 Å². The van der Waals surface area contributed by atoms with Crippen molar-refractivity contribution in [3.63, 3.8) is 0 Å². The molecule has 0 aliphatic carbocycles. The Morgan fingerprint density at radius 3 is 2.67 bits per heavy atom. The van der Waals surface area contributed by atoms with E-state index in [4.69, 9.17) is 16.3 Å². The van der Waals surface area contributed by atoms with Crippen LogP contribution in [0.3, 0.4) is 0 Å². The van der Waals surface area contributed by atoms with Gasteiger partial charge in [0.05, 0.1) is 17.5 Å². The van der Waals surface area contributed by atoms with Crippen molar-refractivity contribution >= 4 is 22.9 Å². The number of halogens is 2. The lowest BCUT2D eigenvalue weighted by molar-refractivity contribution is 0.410. The summed E-state index contributed by atoms with van der Waals surface area (Å²) < 4.78 is 20.2. The maximum Gasteiger partial charge on any atom is 0.132 e. The minimum Gasteiger partial charge on any atom is -0.497 e. The molecule has 0 saturated heterocycles. The van der Waals surface area contributed by atoms with E-state index in [0.29, 0.717) is 11.3 Å². The van der Waals surface area contributed by atoms with Crippen molar-refractivity contribution in [1.29, 1.82) is 0 Å². The van der Waals surface area contributed by atoms with Crippen LogP contribution in [0.15, 0.2) is 24.3 Å². The Morgan fingerprint density at radius 2 is 2.14 bits per heavy atom. The van der Waals surface area contributed by atoms with Crippen molar-refractivity contribution in [2.24, 2.45) is 0 Å². The van der Waals surface area contributed by atoms with E-state index in [1.165, 1.54) is 24.5 Å². The molecule has 0 aliphatic heterocycles. The zero-order valence-corrected chi connectivity index (χ0v) is 13.9. The van der Waals surface area contributed by atoms with Crippen LogP contribution < -0.4 is 10.1 Å². The molecule has 2 aromatic rings. The van der Waals surface area contributed by atoms with Crippen molar-refractivity contribution in [1.82, 2.24) is 5.32 Å². The molecule has 0 saturated carbocycles. The van der Waals surface area contributed by atoms with Crippen LogP contribution in [0.25, 0.3) is 0 Å². The number of methoxy groups -OCH3 is 1. The number of hydrogen-bond donors (Lipinski definition) is 1. The van der Waals surface area contributed by atoms with Crippen LogP contribution in [-0.2, 0) is 0 Å². The summed E-state index contributed by atoms with van der Waals surface area (Å²) in [6.07, 6.45) is 0.979. The van der Waals surface area contributed by atoms with Crippen LogP contribution in [0.2, 0.25) is 4.34 Å². The summed E-state index contributed by atoms with van der Waals surface area (Å²) in [6.45, 7) is 4.86. The number of thiophene rings is 1. The largest absolute Gasteiger partial charge is 0.497 e. The monoisotopic (exact) mass is 327 g/mol. The summed E-state index contributed by atoms with van der Waals surface area (Å²) in [5, 5.41) is 3.39. The molecule has 0 bridgehead atoms. The summed E-state index contributed by atoms with van der Waals surface area (Å²) in [6, 6.07) is 6.79. The first-order valence-electron chi connectivity index (χ1n) is 6.89. The molecule has 2 nitrogen and oxygen atoms in total. The Balaban J connectivity index is 2.40. The van der Waals surface area contributed by atoms with Crippen LogP contribution in [0.5, 0.6) is 5.75 Å². The number of rotatable bonds is 6. The molecule has 0 amide bonds. The summed E-state index contributed by atoms with van der Waals surface area (Å²) in [7, 11) is 1.53. The minimum absolute atomic E-state index is 0.188. The molecule has 1 aromatic carbocycles. The molecule has 1 atom stereocenters. The van der Waals surface area contributed by atoms with Gasteiger partial charge in [0, 0.05) is 16.5 Å². The lowest BCUT2D eigenvalue weighted by Gasteiger charge is -2.18. The third kappa shape index (κ3) is 3.76. The Bertz CT molecular complexity index is 595. The fourth-order valence-electron chi connectivity index (χ4n) is 2.15. The highest BCUT2D eigenvalue weighted by atomic mass is 35.5. The van der Waals surface area contributed by atoms with Gasteiger partial charge in [-0.15, -0.1) is 11.3 Å². The van der Waals surface area contributed by atoms with Gasteiger partial charge in [-0.2, -0.15) is 0 Å². The number of ether oxygens (including phenoxy) is 1. The first-order valence-corrected chi connectivity index (χ1v) is 8.09. The molecule has 0 fully saturated rings. The van der Waals surface area contributed by atoms with E-state index >= 15 is 0 Å². The average molecular weight is 328 g/mol. The fraction of sp³-hybridized carbons (Fsp3) is 0.375. The molecule has 2 rings (SSSR count). The van der Waals surface area contributed by atoms with Crippen LogP contribution in [0.1, 0.15) is 35.4 Å². The van der Waals surface area contributed by atoms with Gasteiger partial charge in [-0.25, -0.2) is 4.39 Å². The molecule has 1 aromatic heterocycles. The van der Waals surface area contributed by atoms with Gasteiger partial charge in [-0.3, -0.25) is 0 Å². The molecular formula is C16H19ClFNOS. The standard InChI is InChI=1S/C16H19ClFNOS/c1-4-7-19-15(14-8-10(2)16(17)21-14)12-6-5-11(20-3)9-13(12)18/h5-6,8-9,15,19H,4,7H2,1-3H3. The van der Waals surface area contributed by atoms with Crippen molar-refractivity contribution in [3.8, 4) is 5.75 Å². The van der Waals surface area contributed by atoms with Crippen LogP contribution in [0, 0.1) is 12.7 Å². The van der Waals surface area contributed by atoms with E-state index in [2.05, 4.69) is 12.2 Å². The first-order chi connectivity index (χ1) is 10.1. The smallest absolute Gasteiger partial charge is 0.132 e. The van der Waals surface area contributed by atoms with Gasteiger partial charge >= 0.3 is 0 Å². The zero-order chi connectivity index (χ0) is 15.4. The van der Waals surface area contributed by atoms with E-state index in [0.717, 1.165) is 27.7 Å². The van der Waals surface area contributed by atoms with Gasteiger partial charge in [-0.1, -0.05) is 24.6 Å². The Hall–Kier alpha value is -1.10. The third-order valence-electron chi connectivity index (χ3n) is 3.28. The van der Waals surface area contributed by atoms with Crippen molar-refractivity contribution in [3.05, 3.63) is 50.4 Å². The summed E-state index contributed by atoms with van der Waals surface area (Å²) in [5.74, 6) is 0.246. The van der Waals surface area contributed by atoms with E-state index in [-0.39, 0.29) is 11.9 Å². The fourth-order valence-corrected chi connectivity index (χ4v) is 3.46.